The minimum Gasteiger partial charge on any atom is -0.462 e. The zero-order valence-corrected chi connectivity index (χ0v) is 28.0. The van der Waals surface area contributed by atoms with Crippen molar-refractivity contribution < 1.29 is 38.2 Å². The molecule has 0 aliphatic heterocycles. The second-order valence-electron chi connectivity index (χ2n) is 11.9. The summed E-state index contributed by atoms with van der Waals surface area (Å²) in [6.45, 7) is 2.21. The highest BCUT2D eigenvalue weighted by Crippen LogP contribution is 2.18. The highest BCUT2D eigenvalue weighted by molar-refractivity contribution is 5.96. The summed E-state index contributed by atoms with van der Waals surface area (Å²) in [6, 6.07) is 25.4. The van der Waals surface area contributed by atoms with Gasteiger partial charge in [-0.1, -0.05) is 106 Å². The van der Waals surface area contributed by atoms with E-state index < -0.39 is 35.9 Å². The molecule has 0 aromatic heterocycles. The minimum absolute atomic E-state index is 0.0233. The van der Waals surface area contributed by atoms with Gasteiger partial charge in [0.05, 0.1) is 23.3 Å². The summed E-state index contributed by atoms with van der Waals surface area (Å²) in [5.74, 6) is -2.51. The molecule has 256 valence electrons. The fourth-order valence-corrected chi connectivity index (χ4v) is 5.24. The molecule has 0 radical (unpaired) electrons. The highest BCUT2D eigenvalue weighted by atomic mass is 16.6. The molecular weight excluding hydrogens is 608 g/mol. The van der Waals surface area contributed by atoms with Crippen LogP contribution in [0, 0.1) is 0 Å². The van der Waals surface area contributed by atoms with Crippen molar-refractivity contribution in [3.05, 3.63) is 108 Å². The number of esters is 3. The number of ketones is 2. The van der Waals surface area contributed by atoms with Crippen LogP contribution >= 0.6 is 0 Å². The Morgan fingerprint density at radius 3 is 1.29 bits per heavy atom. The van der Waals surface area contributed by atoms with Crippen LogP contribution in [0.15, 0.2) is 91.0 Å². The lowest BCUT2D eigenvalue weighted by atomic mass is 9.99. The average Bonchev–Trinajstić information content (AvgIpc) is 3.13. The van der Waals surface area contributed by atoms with Crippen molar-refractivity contribution in [1.29, 1.82) is 0 Å². The van der Waals surface area contributed by atoms with Gasteiger partial charge in [-0.2, -0.15) is 0 Å². The molecule has 8 nitrogen and oxygen atoms in total. The van der Waals surface area contributed by atoms with E-state index in [9.17, 15) is 24.0 Å². The third-order valence-corrected chi connectivity index (χ3v) is 8.03. The van der Waals surface area contributed by atoms with Gasteiger partial charge in [0.1, 0.15) is 0 Å². The third-order valence-electron chi connectivity index (χ3n) is 8.03. The number of Topliss-reactive ketones (excluding diaryl/α,β-unsaturated/α-hetero) is 2. The van der Waals surface area contributed by atoms with E-state index in [0.29, 0.717) is 23.1 Å². The number of ether oxygens (including phenoxy) is 3. The summed E-state index contributed by atoms with van der Waals surface area (Å²) in [5, 5.41) is 0. The first-order valence-electron chi connectivity index (χ1n) is 17.2. The highest BCUT2D eigenvalue weighted by Gasteiger charge is 2.28. The molecule has 2 atom stereocenters. The Kier molecular flexibility index (Phi) is 17.4. The van der Waals surface area contributed by atoms with Crippen LogP contribution < -0.4 is 0 Å². The maximum absolute atomic E-state index is 13.4. The Morgan fingerprint density at radius 2 is 0.854 bits per heavy atom. The van der Waals surface area contributed by atoms with Crippen LogP contribution in [0.2, 0.25) is 0 Å². The second kappa shape index (κ2) is 22.1. The van der Waals surface area contributed by atoms with Gasteiger partial charge in [-0.25, -0.2) is 14.4 Å². The largest absolute Gasteiger partial charge is 0.462 e. The van der Waals surface area contributed by atoms with Gasteiger partial charge in [0, 0.05) is 12.8 Å². The molecule has 48 heavy (non-hydrogen) atoms. The topological polar surface area (TPSA) is 113 Å². The Balaban J connectivity index is 1.59. The van der Waals surface area contributed by atoms with Crippen molar-refractivity contribution in [2.75, 3.05) is 6.61 Å². The fourth-order valence-electron chi connectivity index (χ4n) is 5.24. The molecule has 0 unspecified atom stereocenters. The maximum Gasteiger partial charge on any atom is 0.338 e. The first-order valence-corrected chi connectivity index (χ1v) is 17.2. The van der Waals surface area contributed by atoms with Crippen molar-refractivity contribution in [2.24, 2.45) is 0 Å². The predicted molar refractivity (Wildman–Crippen MR) is 184 cm³/mol. The SMILES string of the molecule is CCCCCCCCCC[C@H](OC(=O)c1ccccc1)C(=O)CCC(=O)[C@@H](CCCOC(=O)c1ccccc1)OC(=O)c1ccccc1. The quantitative estimate of drug-likeness (QED) is 0.0567. The van der Waals surface area contributed by atoms with E-state index >= 15 is 0 Å². The molecule has 0 N–H and O–H groups in total. The fraction of sp³-hybridized carbons (Fsp3) is 0.425. The molecule has 0 bridgehead atoms. The zero-order chi connectivity index (χ0) is 34.4. The molecule has 0 amide bonds. The van der Waals surface area contributed by atoms with Crippen molar-refractivity contribution >= 4 is 29.5 Å². The number of carbonyl (C=O) groups is 5. The van der Waals surface area contributed by atoms with Crippen molar-refractivity contribution in [1.82, 2.24) is 0 Å². The molecule has 0 spiro atoms. The van der Waals surface area contributed by atoms with Gasteiger partial charge in [-0.05, 0) is 62.1 Å². The van der Waals surface area contributed by atoms with Crippen molar-refractivity contribution in [2.45, 2.75) is 103 Å². The van der Waals surface area contributed by atoms with E-state index in [1.165, 1.54) is 25.7 Å². The molecule has 0 saturated carbocycles. The van der Waals surface area contributed by atoms with E-state index in [0.717, 1.165) is 25.7 Å². The van der Waals surface area contributed by atoms with E-state index in [4.69, 9.17) is 14.2 Å². The normalized spacial score (nSPS) is 12.0. The van der Waals surface area contributed by atoms with Crippen LogP contribution in [-0.2, 0) is 23.8 Å². The van der Waals surface area contributed by atoms with Crippen molar-refractivity contribution in [3.63, 3.8) is 0 Å². The number of hydrogen-bond donors (Lipinski definition) is 0. The summed E-state index contributed by atoms with van der Waals surface area (Å²) in [5.41, 5.74) is 1.05. The van der Waals surface area contributed by atoms with E-state index in [1.54, 1.807) is 91.0 Å². The Hall–Kier alpha value is -4.59. The lowest BCUT2D eigenvalue weighted by Gasteiger charge is -2.19. The molecule has 8 heteroatoms. The van der Waals surface area contributed by atoms with Crippen LogP contribution in [-0.4, -0.2) is 48.3 Å². The molecule has 0 saturated heterocycles. The van der Waals surface area contributed by atoms with E-state index in [1.807, 2.05) is 0 Å². The molecular formula is C40H48O8. The molecule has 3 aromatic rings. The predicted octanol–water partition coefficient (Wildman–Crippen LogP) is 8.52. The lowest BCUT2D eigenvalue weighted by molar-refractivity contribution is -0.133. The first-order chi connectivity index (χ1) is 23.4. The zero-order valence-electron chi connectivity index (χ0n) is 28.0. The Labute approximate surface area is 284 Å². The van der Waals surface area contributed by atoms with E-state index in [2.05, 4.69) is 6.92 Å². The number of carbonyl (C=O) groups excluding carboxylic acids is 5. The Bertz CT molecular complexity index is 1400. The van der Waals surface area contributed by atoms with Gasteiger partial charge in [0.2, 0.25) is 0 Å². The lowest BCUT2D eigenvalue weighted by Crippen LogP contribution is -2.31. The van der Waals surface area contributed by atoms with Crippen LogP contribution in [0.25, 0.3) is 0 Å². The average molecular weight is 657 g/mol. The van der Waals surface area contributed by atoms with Crippen molar-refractivity contribution in [3.8, 4) is 0 Å². The van der Waals surface area contributed by atoms with Gasteiger partial charge in [-0.3, -0.25) is 9.59 Å². The molecule has 0 fully saturated rings. The van der Waals surface area contributed by atoms with E-state index in [-0.39, 0.29) is 38.1 Å². The minimum atomic E-state index is -1.14. The third kappa shape index (κ3) is 14.0. The number of benzene rings is 3. The maximum atomic E-state index is 13.4. The number of hydrogen-bond acceptors (Lipinski definition) is 8. The summed E-state index contributed by atoms with van der Waals surface area (Å²) in [7, 11) is 0. The van der Waals surface area contributed by atoms with Gasteiger partial charge < -0.3 is 14.2 Å². The van der Waals surface area contributed by atoms with Gasteiger partial charge >= 0.3 is 17.9 Å². The summed E-state index contributed by atoms with van der Waals surface area (Å²) < 4.78 is 16.6. The monoisotopic (exact) mass is 656 g/mol. The summed E-state index contributed by atoms with van der Waals surface area (Å²) in [6.07, 6.45) is 6.94. The van der Waals surface area contributed by atoms with Gasteiger partial charge in [0.15, 0.2) is 23.8 Å². The molecule has 0 aliphatic carbocycles. The first kappa shape index (κ1) is 37.9. The van der Waals surface area contributed by atoms with Gasteiger partial charge in [-0.15, -0.1) is 0 Å². The Morgan fingerprint density at radius 1 is 0.479 bits per heavy atom. The molecule has 3 aromatic carbocycles. The van der Waals surface area contributed by atoms with Crippen LogP contribution in [0.4, 0.5) is 0 Å². The molecule has 0 aliphatic rings. The number of rotatable bonds is 23. The number of unbranched alkanes of at least 4 members (excludes halogenated alkanes) is 7. The smallest absolute Gasteiger partial charge is 0.338 e. The van der Waals surface area contributed by atoms with Crippen LogP contribution in [0.1, 0.15) is 121 Å². The van der Waals surface area contributed by atoms with Gasteiger partial charge in [0.25, 0.3) is 0 Å². The molecule has 3 rings (SSSR count). The van der Waals surface area contributed by atoms with Crippen LogP contribution in [0.5, 0.6) is 0 Å². The summed E-state index contributed by atoms with van der Waals surface area (Å²) >= 11 is 0. The molecule has 0 heterocycles. The standard InChI is InChI=1S/C40H48O8/c1-2-3-4-5-6-7-8-18-26-36(47-39(44)32-22-14-10-15-23-32)34(41)28-29-35(42)37(48-40(45)33-24-16-11-17-25-33)27-19-30-46-38(43)31-20-12-9-13-21-31/h9-17,20-25,36-37H,2-8,18-19,26-30H2,1H3/t36-,37+/m0/s1. The second-order valence-corrected chi connectivity index (χ2v) is 11.9. The summed E-state index contributed by atoms with van der Waals surface area (Å²) in [4.78, 5) is 64.8. The van der Waals surface area contributed by atoms with Crippen LogP contribution in [0.3, 0.4) is 0 Å².